The van der Waals surface area contributed by atoms with E-state index in [1.807, 2.05) is 12.1 Å². The van der Waals surface area contributed by atoms with Crippen LogP contribution in [-0.2, 0) is 13.1 Å². The highest BCUT2D eigenvalue weighted by molar-refractivity contribution is 6.42. The molecule has 1 aromatic heterocycles. The molecule has 16 heavy (non-hydrogen) atoms. The number of benzene rings is 1. The van der Waals surface area contributed by atoms with Gasteiger partial charge in [0.25, 0.3) is 0 Å². The van der Waals surface area contributed by atoms with Crippen molar-refractivity contribution >= 4 is 23.2 Å². The van der Waals surface area contributed by atoms with Crippen LogP contribution < -0.4 is 5.32 Å². The van der Waals surface area contributed by atoms with Gasteiger partial charge in [-0.2, -0.15) is 0 Å². The molecule has 1 heterocycles. The minimum absolute atomic E-state index is 0.580. The maximum atomic E-state index is 5.91. The topological polar surface area (TPSA) is 40.7 Å². The van der Waals surface area contributed by atoms with E-state index in [1.165, 1.54) is 0 Å². The second kappa shape index (κ2) is 5.34. The molecule has 1 aromatic carbocycles. The molecule has 84 valence electrons. The summed E-state index contributed by atoms with van der Waals surface area (Å²) in [7, 11) is 0. The molecule has 0 bridgehead atoms. The van der Waals surface area contributed by atoms with Crippen molar-refractivity contribution in [3.63, 3.8) is 0 Å². The van der Waals surface area contributed by atoms with Gasteiger partial charge < -0.3 is 10.3 Å². The van der Waals surface area contributed by atoms with Gasteiger partial charge in [0.05, 0.1) is 16.6 Å². The molecular weight excluding hydrogens is 245 g/mol. The predicted octanol–water partition coefficient (Wildman–Crippen LogP) is 3.01. The standard InChI is InChI=1S/C11H11Cl2N3/c12-9-2-1-8(5-10(9)13)6-14-7-11-15-3-4-16-11/h1-5,14H,6-7H2,(H,15,16). The van der Waals surface area contributed by atoms with E-state index in [1.54, 1.807) is 18.5 Å². The van der Waals surface area contributed by atoms with E-state index >= 15 is 0 Å². The van der Waals surface area contributed by atoms with Crippen LogP contribution in [0.15, 0.2) is 30.6 Å². The number of halogens is 2. The van der Waals surface area contributed by atoms with Crippen molar-refractivity contribution in [2.45, 2.75) is 13.1 Å². The van der Waals surface area contributed by atoms with Gasteiger partial charge in [0, 0.05) is 18.9 Å². The Morgan fingerprint density at radius 1 is 1.19 bits per heavy atom. The Balaban J connectivity index is 1.87. The van der Waals surface area contributed by atoms with E-state index in [4.69, 9.17) is 23.2 Å². The summed E-state index contributed by atoms with van der Waals surface area (Å²) in [4.78, 5) is 7.14. The predicted molar refractivity (Wildman–Crippen MR) is 65.6 cm³/mol. The monoisotopic (exact) mass is 255 g/mol. The first kappa shape index (κ1) is 11.5. The van der Waals surface area contributed by atoms with Crippen LogP contribution in [0.4, 0.5) is 0 Å². The number of aromatic amines is 1. The fourth-order valence-electron chi connectivity index (χ4n) is 1.37. The van der Waals surface area contributed by atoms with Crippen molar-refractivity contribution in [1.29, 1.82) is 0 Å². The molecule has 0 saturated carbocycles. The molecule has 0 saturated heterocycles. The number of nitrogens with one attached hydrogen (secondary N) is 2. The molecule has 0 unspecified atom stereocenters. The third-order valence-corrected chi connectivity index (χ3v) is 2.90. The van der Waals surface area contributed by atoms with Gasteiger partial charge >= 0.3 is 0 Å². The van der Waals surface area contributed by atoms with Crippen LogP contribution in [0.1, 0.15) is 11.4 Å². The molecule has 0 amide bonds. The van der Waals surface area contributed by atoms with Crippen LogP contribution in [0.25, 0.3) is 0 Å². The Bertz CT molecular complexity index is 454. The van der Waals surface area contributed by atoms with Gasteiger partial charge in [0.1, 0.15) is 5.82 Å². The van der Waals surface area contributed by atoms with Crippen LogP contribution >= 0.6 is 23.2 Å². The molecule has 3 nitrogen and oxygen atoms in total. The van der Waals surface area contributed by atoms with E-state index in [-0.39, 0.29) is 0 Å². The largest absolute Gasteiger partial charge is 0.348 e. The van der Waals surface area contributed by atoms with Gasteiger partial charge in [-0.15, -0.1) is 0 Å². The SMILES string of the molecule is Clc1ccc(CNCc2ncc[nH]2)cc1Cl. The maximum absolute atomic E-state index is 5.91. The van der Waals surface area contributed by atoms with Gasteiger partial charge in [-0.1, -0.05) is 29.3 Å². The number of H-pyrrole nitrogens is 1. The van der Waals surface area contributed by atoms with Crippen LogP contribution in [0.5, 0.6) is 0 Å². The third kappa shape index (κ3) is 2.98. The molecule has 0 atom stereocenters. The van der Waals surface area contributed by atoms with Crippen molar-refractivity contribution < 1.29 is 0 Å². The first-order valence-corrected chi connectivity index (χ1v) is 5.64. The third-order valence-electron chi connectivity index (χ3n) is 2.16. The molecule has 0 aliphatic carbocycles. The highest BCUT2D eigenvalue weighted by atomic mass is 35.5. The summed E-state index contributed by atoms with van der Waals surface area (Å²) in [5.74, 6) is 0.917. The fourth-order valence-corrected chi connectivity index (χ4v) is 1.69. The van der Waals surface area contributed by atoms with Gasteiger partial charge in [-0.3, -0.25) is 0 Å². The molecule has 0 aliphatic heterocycles. The van der Waals surface area contributed by atoms with Crippen LogP contribution in [0, 0.1) is 0 Å². The molecule has 2 aromatic rings. The number of rotatable bonds is 4. The lowest BCUT2D eigenvalue weighted by Gasteiger charge is -2.04. The Kier molecular flexibility index (Phi) is 3.83. The summed E-state index contributed by atoms with van der Waals surface area (Å²) in [6.45, 7) is 1.44. The van der Waals surface area contributed by atoms with Crippen molar-refractivity contribution in [2.75, 3.05) is 0 Å². The minimum atomic E-state index is 0.580. The molecule has 2 rings (SSSR count). The zero-order valence-electron chi connectivity index (χ0n) is 8.50. The number of imidazole rings is 1. The number of nitrogens with zero attached hydrogens (tertiary/aromatic N) is 1. The summed E-state index contributed by atoms with van der Waals surface area (Å²) in [5.41, 5.74) is 1.10. The maximum Gasteiger partial charge on any atom is 0.120 e. The fraction of sp³-hybridized carbons (Fsp3) is 0.182. The Hall–Kier alpha value is -1.03. The zero-order valence-corrected chi connectivity index (χ0v) is 10.0. The van der Waals surface area contributed by atoms with Gasteiger partial charge in [-0.25, -0.2) is 4.98 Å². The first-order valence-electron chi connectivity index (χ1n) is 4.88. The average Bonchev–Trinajstić information content (AvgIpc) is 2.76. The molecule has 0 aliphatic rings. The molecule has 2 N–H and O–H groups in total. The van der Waals surface area contributed by atoms with Gasteiger partial charge in [0.2, 0.25) is 0 Å². The summed E-state index contributed by atoms with van der Waals surface area (Å²) < 4.78 is 0. The highest BCUT2D eigenvalue weighted by Crippen LogP contribution is 2.22. The minimum Gasteiger partial charge on any atom is -0.348 e. The van der Waals surface area contributed by atoms with Crippen LogP contribution in [0.2, 0.25) is 10.0 Å². The lowest BCUT2D eigenvalue weighted by molar-refractivity contribution is 0.669. The summed E-state index contributed by atoms with van der Waals surface area (Å²) in [6.07, 6.45) is 3.53. The van der Waals surface area contributed by atoms with E-state index < -0.39 is 0 Å². The Morgan fingerprint density at radius 2 is 2.06 bits per heavy atom. The quantitative estimate of drug-likeness (QED) is 0.882. The first-order chi connectivity index (χ1) is 7.75. The summed E-state index contributed by atoms with van der Waals surface area (Å²) in [6, 6.07) is 5.61. The van der Waals surface area contributed by atoms with E-state index in [9.17, 15) is 0 Å². The second-order valence-corrected chi connectivity index (χ2v) is 4.20. The van der Waals surface area contributed by atoms with Crippen molar-refractivity contribution in [1.82, 2.24) is 15.3 Å². The Labute approximate surface area is 104 Å². The van der Waals surface area contributed by atoms with E-state index in [0.29, 0.717) is 16.6 Å². The normalized spacial score (nSPS) is 10.6. The number of hydrogen-bond acceptors (Lipinski definition) is 2. The number of aromatic nitrogens is 2. The van der Waals surface area contributed by atoms with Crippen molar-refractivity contribution in [2.24, 2.45) is 0 Å². The van der Waals surface area contributed by atoms with Crippen molar-refractivity contribution in [3.05, 3.63) is 52.0 Å². The van der Waals surface area contributed by atoms with Gasteiger partial charge in [-0.05, 0) is 17.7 Å². The summed E-state index contributed by atoms with van der Waals surface area (Å²) in [5, 5.41) is 4.42. The van der Waals surface area contributed by atoms with Crippen molar-refractivity contribution in [3.8, 4) is 0 Å². The Morgan fingerprint density at radius 3 is 2.75 bits per heavy atom. The molecule has 5 heteroatoms. The van der Waals surface area contributed by atoms with Crippen LogP contribution in [0.3, 0.4) is 0 Å². The zero-order chi connectivity index (χ0) is 11.4. The van der Waals surface area contributed by atoms with E-state index in [0.717, 1.165) is 17.9 Å². The summed E-state index contributed by atoms with van der Waals surface area (Å²) >= 11 is 11.7. The van der Waals surface area contributed by atoms with E-state index in [2.05, 4.69) is 15.3 Å². The van der Waals surface area contributed by atoms with Crippen LogP contribution in [-0.4, -0.2) is 9.97 Å². The van der Waals surface area contributed by atoms with Gasteiger partial charge in [0.15, 0.2) is 0 Å². The average molecular weight is 256 g/mol. The smallest absolute Gasteiger partial charge is 0.120 e. The lowest BCUT2D eigenvalue weighted by Crippen LogP contribution is -2.13. The molecule has 0 radical (unpaired) electrons. The molecule has 0 spiro atoms. The highest BCUT2D eigenvalue weighted by Gasteiger charge is 1.99. The lowest BCUT2D eigenvalue weighted by atomic mass is 10.2. The molecule has 0 fully saturated rings. The second-order valence-electron chi connectivity index (χ2n) is 3.39. The molecular formula is C11H11Cl2N3. The number of hydrogen-bond donors (Lipinski definition) is 2.